The fourth-order valence-corrected chi connectivity index (χ4v) is 9.23. The Kier molecular flexibility index (Phi) is 52.5. The largest absolute Gasteiger partial charge is 0.466 e. The maximum absolute atomic E-state index is 12.4. The second kappa shape index (κ2) is 53.5. The summed E-state index contributed by atoms with van der Waals surface area (Å²) in [4.78, 5) is 24.5. The normalized spacial score (nSPS) is 12.5. The minimum atomic E-state index is -0.662. The number of amides is 1. The molecule has 0 fully saturated rings. The summed E-state index contributed by atoms with van der Waals surface area (Å²) in [6, 6.07) is -0.540. The van der Waals surface area contributed by atoms with E-state index in [0.717, 1.165) is 38.5 Å². The van der Waals surface area contributed by atoms with E-state index in [0.29, 0.717) is 25.9 Å². The zero-order valence-corrected chi connectivity index (χ0v) is 42.8. The molecule has 0 aliphatic rings. The maximum Gasteiger partial charge on any atom is 0.305 e. The van der Waals surface area contributed by atoms with Gasteiger partial charge in [-0.3, -0.25) is 9.59 Å². The van der Waals surface area contributed by atoms with Gasteiger partial charge in [0.2, 0.25) is 5.91 Å². The Labute approximate surface area is 394 Å². The van der Waals surface area contributed by atoms with Crippen molar-refractivity contribution in [2.24, 2.45) is 0 Å². The van der Waals surface area contributed by atoms with Gasteiger partial charge in [-0.25, -0.2) is 0 Å². The summed E-state index contributed by atoms with van der Waals surface area (Å²) in [5, 5.41) is 23.1. The van der Waals surface area contributed by atoms with Crippen LogP contribution in [-0.4, -0.2) is 47.4 Å². The van der Waals surface area contributed by atoms with E-state index in [4.69, 9.17) is 4.74 Å². The van der Waals surface area contributed by atoms with E-state index in [9.17, 15) is 19.8 Å². The standard InChI is InChI=1S/C57H113NO5/c1-3-5-7-9-11-13-14-15-16-17-22-25-28-31-35-39-43-47-51-57(62)63-52-48-44-40-36-32-29-26-23-20-18-19-21-24-27-30-34-38-42-46-50-56(61)58-54(53-59)55(60)49-45-41-37-33-12-10-8-6-4-2/h54-55,59-60H,3-53H2,1-2H3,(H,58,61). The van der Waals surface area contributed by atoms with Gasteiger partial charge >= 0.3 is 5.97 Å². The molecule has 0 spiro atoms. The maximum atomic E-state index is 12.4. The first kappa shape index (κ1) is 61.9. The van der Waals surface area contributed by atoms with Gasteiger partial charge in [0, 0.05) is 12.8 Å². The van der Waals surface area contributed by atoms with Crippen LogP contribution in [0.25, 0.3) is 0 Å². The Morgan fingerprint density at radius 1 is 0.381 bits per heavy atom. The summed E-state index contributed by atoms with van der Waals surface area (Å²) in [6.07, 6.45) is 61.1. The Morgan fingerprint density at radius 3 is 0.968 bits per heavy atom. The molecular formula is C57H113NO5. The molecular weight excluding hydrogens is 779 g/mol. The molecule has 0 aliphatic carbocycles. The zero-order valence-electron chi connectivity index (χ0n) is 42.8. The average molecular weight is 893 g/mol. The number of aliphatic hydroxyl groups is 2. The second-order valence-electron chi connectivity index (χ2n) is 20.0. The lowest BCUT2D eigenvalue weighted by atomic mass is 10.0. The number of aliphatic hydroxyl groups excluding tert-OH is 2. The molecule has 0 rings (SSSR count). The van der Waals surface area contributed by atoms with E-state index < -0.39 is 12.1 Å². The average Bonchev–Trinajstić information content (AvgIpc) is 3.28. The number of esters is 1. The second-order valence-corrected chi connectivity index (χ2v) is 20.0. The topological polar surface area (TPSA) is 95.9 Å². The van der Waals surface area contributed by atoms with Crippen molar-refractivity contribution in [3.05, 3.63) is 0 Å². The lowest BCUT2D eigenvalue weighted by Gasteiger charge is -2.22. The van der Waals surface area contributed by atoms with E-state index in [2.05, 4.69) is 19.2 Å². The lowest BCUT2D eigenvalue weighted by Crippen LogP contribution is -2.45. The molecule has 376 valence electrons. The zero-order chi connectivity index (χ0) is 45.8. The van der Waals surface area contributed by atoms with Crippen LogP contribution < -0.4 is 5.32 Å². The van der Waals surface area contributed by atoms with Crippen molar-refractivity contribution in [3.8, 4) is 0 Å². The molecule has 6 heteroatoms. The molecule has 3 N–H and O–H groups in total. The van der Waals surface area contributed by atoms with Crippen LogP contribution in [0.4, 0.5) is 0 Å². The number of carbonyl (C=O) groups is 2. The molecule has 0 aromatic rings. The van der Waals surface area contributed by atoms with Crippen molar-refractivity contribution in [2.75, 3.05) is 13.2 Å². The molecule has 0 bridgehead atoms. The van der Waals surface area contributed by atoms with Crippen molar-refractivity contribution < 1.29 is 24.5 Å². The molecule has 63 heavy (non-hydrogen) atoms. The van der Waals surface area contributed by atoms with Crippen LogP contribution >= 0.6 is 0 Å². The summed E-state index contributed by atoms with van der Waals surface area (Å²) in [5.41, 5.74) is 0. The van der Waals surface area contributed by atoms with Crippen molar-refractivity contribution in [2.45, 2.75) is 341 Å². The van der Waals surface area contributed by atoms with Crippen molar-refractivity contribution in [3.63, 3.8) is 0 Å². The van der Waals surface area contributed by atoms with E-state index in [-0.39, 0.29) is 18.5 Å². The predicted octanol–water partition coefficient (Wildman–Crippen LogP) is 17.5. The smallest absolute Gasteiger partial charge is 0.305 e. The summed E-state index contributed by atoms with van der Waals surface area (Å²) in [7, 11) is 0. The fraction of sp³-hybridized carbons (Fsp3) is 0.965. The van der Waals surface area contributed by atoms with Crippen LogP contribution in [-0.2, 0) is 14.3 Å². The van der Waals surface area contributed by atoms with Gasteiger partial charge in [-0.1, -0.05) is 290 Å². The minimum Gasteiger partial charge on any atom is -0.466 e. The molecule has 2 unspecified atom stereocenters. The molecule has 0 radical (unpaired) electrons. The molecule has 0 aromatic carbocycles. The molecule has 6 nitrogen and oxygen atoms in total. The van der Waals surface area contributed by atoms with E-state index in [1.165, 1.54) is 257 Å². The molecule has 0 saturated carbocycles. The highest BCUT2D eigenvalue weighted by atomic mass is 16.5. The first-order valence-electron chi connectivity index (χ1n) is 28.8. The third-order valence-corrected chi connectivity index (χ3v) is 13.7. The first-order chi connectivity index (χ1) is 31.0. The monoisotopic (exact) mass is 892 g/mol. The van der Waals surface area contributed by atoms with Gasteiger partial charge in [0.15, 0.2) is 0 Å². The van der Waals surface area contributed by atoms with Crippen molar-refractivity contribution in [1.29, 1.82) is 0 Å². The minimum absolute atomic E-state index is 0.0140. The molecule has 1 amide bonds. The van der Waals surface area contributed by atoms with Crippen LogP contribution in [0.3, 0.4) is 0 Å². The number of hydrogen-bond donors (Lipinski definition) is 3. The van der Waals surface area contributed by atoms with Gasteiger partial charge in [0.25, 0.3) is 0 Å². The number of rotatable bonds is 54. The third-order valence-electron chi connectivity index (χ3n) is 13.7. The Morgan fingerprint density at radius 2 is 0.651 bits per heavy atom. The van der Waals surface area contributed by atoms with Gasteiger partial charge in [-0.15, -0.1) is 0 Å². The quantitative estimate of drug-likeness (QED) is 0.0418. The van der Waals surface area contributed by atoms with Crippen molar-refractivity contribution >= 4 is 11.9 Å². The van der Waals surface area contributed by atoms with Crippen LogP contribution in [0.2, 0.25) is 0 Å². The Balaban J connectivity index is 3.33. The first-order valence-corrected chi connectivity index (χ1v) is 28.8. The number of carbonyl (C=O) groups excluding carboxylic acids is 2. The molecule has 0 saturated heterocycles. The molecule has 0 heterocycles. The van der Waals surface area contributed by atoms with Crippen LogP contribution in [0.5, 0.6) is 0 Å². The predicted molar refractivity (Wildman–Crippen MR) is 274 cm³/mol. The number of unbranched alkanes of at least 4 members (excludes halogenated alkanes) is 43. The van der Waals surface area contributed by atoms with E-state index in [1.54, 1.807) is 0 Å². The molecule has 0 aromatic heterocycles. The fourth-order valence-electron chi connectivity index (χ4n) is 9.23. The number of nitrogens with one attached hydrogen (secondary N) is 1. The lowest BCUT2D eigenvalue weighted by molar-refractivity contribution is -0.143. The van der Waals surface area contributed by atoms with Gasteiger partial charge in [0.1, 0.15) is 0 Å². The molecule has 2 atom stereocenters. The summed E-state index contributed by atoms with van der Waals surface area (Å²) < 4.78 is 5.49. The highest BCUT2D eigenvalue weighted by molar-refractivity contribution is 5.76. The Hall–Kier alpha value is -1.14. The van der Waals surface area contributed by atoms with Gasteiger partial charge < -0.3 is 20.3 Å². The Bertz CT molecular complexity index is 898. The van der Waals surface area contributed by atoms with Crippen molar-refractivity contribution in [1.82, 2.24) is 5.32 Å². The van der Waals surface area contributed by atoms with Crippen LogP contribution in [0.15, 0.2) is 0 Å². The third kappa shape index (κ3) is 50.1. The number of ether oxygens (including phenoxy) is 1. The van der Waals surface area contributed by atoms with E-state index in [1.807, 2.05) is 0 Å². The number of hydrogen-bond acceptors (Lipinski definition) is 5. The summed E-state index contributed by atoms with van der Waals surface area (Å²) >= 11 is 0. The highest BCUT2D eigenvalue weighted by Crippen LogP contribution is 2.18. The van der Waals surface area contributed by atoms with Gasteiger partial charge in [0.05, 0.1) is 25.4 Å². The van der Waals surface area contributed by atoms with Crippen LogP contribution in [0.1, 0.15) is 328 Å². The van der Waals surface area contributed by atoms with Gasteiger partial charge in [-0.05, 0) is 25.7 Å². The summed E-state index contributed by atoms with van der Waals surface area (Å²) in [6.45, 7) is 4.95. The molecule has 0 aliphatic heterocycles. The van der Waals surface area contributed by atoms with Crippen LogP contribution in [0, 0.1) is 0 Å². The SMILES string of the molecule is CCCCCCCCCCCCCCCCCCCCC(=O)OCCCCCCCCCCCCCCCCCCCCCC(=O)NC(CO)C(O)CCCCCCCCCCC. The summed E-state index contributed by atoms with van der Waals surface area (Å²) in [5.74, 6) is -0.0246. The van der Waals surface area contributed by atoms with Gasteiger partial charge in [-0.2, -0.15) is 0 Å². The highest BCUT2D eigenvalue weighted by Gasteiger charge is 2.20. The van der Waals surface area contributed by atoms with E-state index >= 15 is 0 Å².